The summed E-state index contributed by atoms with van der Waals surface area (Å²) in [5.41, 5.74) is 0. The number of sulfonamides is 1. The highest BCUT2D eigenvalue weighted by molar-refractivity contribution is 7.89. The second-order valence-electron chi connectivity index (χ2n) is 4.81. The van der Waals surface area contributed by atoms with Crippen LogP contribution >= 0.6 is 0 Å². The third-order valence-electron chi connectivity index (χ3n) is 3.22. The van der Waals surface area contributed by atoms with Crippen LogP contribution in [0, 0.1) is 17.6 Å². The van der Waals surface area contributed by atoms with Crippen molar-refractivity contribution >= 4 is 10.0 Å². The second-order valence-corrected chi connectivity index (χ2v) is 6.53. The third-order valence-corrected chi connectivity index (χ3v) is 4.74. The first kappa shape index (κ1) is 13.4. The van der Waals surface area contributed by atoms with Crippen molar-refractivity contribution in [1.29, 1.82) is 0 Å². The maximum Gasteiger partial charge on any atom is 0.240 e. The van der Waals surface area contributed by atoms with Gasteiger partial charge in [-0.1, -0.05) is 6.92 Å². The smallest absolute Gasteiger partial charge is 0.208 e. The van der Waals surface area contributed by atoms with Gasteiger partial charge in [0.1, 0.15) is 0 Å². The molecule has 1 N–H and O–H groups in total. The SMILES string of the molecule is CC1CCC(NS(=O)(=O)c2ccc(F)c(F)c2)C1. The van der Waals surface area contributed by atoms with Crippen molar-refractivity contribution in [2.75, 3.05) is 0 Å². The average Bonchev–Trinajstić information content (AvgIpc) is 2.67. The van der Waals surface area contributed by atoms with E-state index in [2.05, 4.69) is 11.6 Å². The van der Waals surface area contributed by atoms with Crippen LogP contribution in [0.2, 0.25) is 0 Å². The molecule has 2 atom stereocenters. The Kier molecular flexibility index (Phi) is 3.68. The highest BCUT2D eigenvalue weighted by atomic mass is 32.2. The summed E-state index contributed by atoms with van der Waals surface area (Å²) in [5.74, 6) is -1.72. The zero-order valence-corrected chi connectivity index (χ0v) is 10.8. The zero-order chi connectivity index (χ0) is 13.3. The molecule has 0 aromatic heterocycles. The van der Waals surface area contributed by atoms with Crippen LogP contribution in [0.25, 0.3) is 0 Å². The van der Waals surface area contributed by atoms with Gasteiger partial charge < -0.3 is 0 Å². The van der Waals surface area contributed by atoms with Crippen LogP contribution in [0.5, 0.6) is 0 Å². The maximum absolute atomic E-state index is 13.0. The minimum absolute atomic E-state index is 0.113. The summed E-state index contributed by atoms with van der Waals surface area (Å²) in [5, 5.41) is 0. The van der Waals surface area contributed by atoms with E-state index in [-0.39, 0.29) is 10.9 Å². The van der Waals surface area contributed by atoms with E-state index in [9.17, 15) is 17.2 Å². The number of nitrogens with one attached hydrogen (secondary N) is 1. The fourth-order valence-corrected chi connectivity index (χ4v) is 3.54. The molecule has 0 spiro atoms. The minimum atomic E-state index is -3.76. The summed E-state index contributed by atoms with van der Waals surface area (Å²) in [7, 11) is -3.76. The van der Waals surface area contributed by atoms with Crippen LogP contribution in [0.15, 0.2) is 23.1 Å². The molecule has 0 aliphatic heterocycles. The van der Waals surface area contributed by atoms with Crippen molar-refractivity contribution in [1.82, 2.24) is 4.72 Å². The molecule has 1 aliphatic rings. The van der Waals surface area contributed by atoms with Crippen molar-refractivity contribution in [2.45, 2.75) is 37.1 Å². The molecule has 100 valence electrons. The molecule has 0 amide bonds. The fraction of sp³-hybridized carbons (Fsp3) is 0.500. The van der Waals surface area contributed by atoms with Crippen LogP contribution in [0.1, 0.15) is 26.2 Å². The van der Waals surface area contributed by atoms with Gasteiger partial charge in [0.15, 0.2) is 11.6 Å². The molecule has 1 fully saturated rings. The van der Waals surface area contributed by atoms with E-state index in [4.69, 9.17) is 0 Å². The Hall–Kier alpha value is -1.01. The average molecular weight is 275 g/mol. The quantitative estimate of drug-likeness (QED) is 0.921. The summed E-state index contributed by atoms with van der Waals surface area (Å²) in [4.78, 5) is -0.235. The largest absolute Gasteiger partial charge is 0.240 e. The fourth-order valence-electron chi connectivity index (χ4n) is 2.25. The van der Waals surface area contributed by atoms with E-state index in [0.717, 1.165) is 31.4 Å². The Balaban J connectivity index is 2.17. The Morgan fingerprint density at radius 3 is 2.50 bits per heavy atom. The molecule has 18 heavy (non-hydrogen) atoms. The highest BCUT2D eigenvalue weighted by Crippen LogP contribution is 2.26. The summed E-state index contributed by atoms with van der Waals surface area (Å²) < 4.78 is 52.2. The Labute approximate surface area is 105 Å². The van der Waals surface area contributed by atoms with Crippen LogP contribution in [0.3, 0.4) is 0 Å². The predicted octanol–water partition coefficient (Wildman–Crippen LogP) is 2.43. The van der Waals surface area contributed by atoms with E-state index in [1.54, 1.807) is 0 Å². The number of halogens is 2. The van der Waals surface area contributed by atoms with E-state index < -0.39 is 21.7 Å². The van der Waals surface area contributed by atoms with Crippen LogP contribution in [-0.2, 0) is 10.0 Å². The summed E-state index contributed by atoms with van der Waals surface area (Å²) >= 11 is 0. The lowest BCUT2D eigenvalue weighted by atomic mass is 10.1. The molecule has 1 aromatic rings. The van der Waals surface area contributed by atoms with E-state index in [1.165, 1.54) is 0 Å². The topological polar surface area (TPSA) is 46.2 Å². The molecule has 1 aliphatic carbocycles. The number of hydrogen-bond acceptors (Lipinski definition) is 2. The molecule has 0 saturated heterocycles. The first-order valence-electron chi connectivity index (χ1n) is 5.86. The van der Waals surface area contributed by atoms with Gasteiger partial charge in [-0.05, 0) is 43.4 Å². The van der Waals surface area contributed by atoms with Gasteiger partial charge in [-0.25, -0.2) is 21.9 Å². The zero-order valence-electron chi connectivity index (χ0n) is 9.99. The highest BCUT2D eigenvalue weighted by Gasteiger charge is 2.26. The van der Waals surface area contributed by atoms with Crippen molar-refractivity contribution < 1.29 is 17.2 Å². The molecule has 1 aromatic carbocycles. The summed E-state index contributed by atoms with van der Waals surface area (Å²) in [6.07, 6.45) is 2.54. The van der Waals surface area contributed by atoms with Gasteiger partial charge in [-0.3, -0.25) is 0 Å². The lowest BCUT2D eigenvalue weighted by Crippen LogP contribution is -2.33. The Bertz CT molecular complexity index is 545. The number of hydrogen-bond donors (Lipinski definition) is 1. The van der Waals surface area contributed by atoms with Crippen molar-refractivity contribution in [3.8, 4) is 0 Å². The monoisotopic (exact) mass is 275 g/mol. The molecule has 0 bridgehead atoms. The lowest BCUT2D eigenvalue weighted by Gasteiger charge is -2.13. The first-order valence-corrected chi connectivity index (χ1v) is 7.34. The molecular formula is C12H15F2NO2S. The molecule has 6 heteroatoms. The van der Waals surface area contributed by atoms with Gasteiger partial charge in [-0.15, -0.1) is 0 Å². The second kappa shape index (κ2) is 4.93. The van der Waals surface area contributed by atoms with Gasteiger partial charge in [0.25, 0.3) is 0 Å². The lowest BCUT2D eigenvalue weighted by molar-refractivity contribution is 0.502. The Morgan fingerprint density at radius 2 is 1.94 bits per heavy atom. The predicted molar refractivity (Wildman–Crippen MR) is 63.5 cm³/mol. The Morgan fingerprint density at radius 1 is 1.22 bits per heavy atom. The molecule has 1 saturated carbocycles. The van der Waals surface area contributed by atoms with Gasteiger partial charge >= 0.3 is 0 Å². The molecule has 2 rings (SSSR count). The van der Waals surface area contributed by atoms with Crippen molar-refractivity contribution in [3.63, 3.8) is 0 Å². The normalized spacial score (nSPS) is 24.4. The van der Waals surface area contributed by atoms with Crippen LogP contribution in [0.4, 0.5) is 8.78 Å². The molecule has 0 heterocycles. The molecule has 3 nitrogen and oxygen atoms in total. The van der Waals surface area contributed by atoms with Gasteiger partial charge in [0.2, 0.25) is 10.0 Å². The van der Waals surface area contributed by atoms with Gasteiger partial charge in [0, 0.05) is 6.04 Å². The first-order chi connectivity index (χ1) is 8.38. The van der Waals surface area contributed by atoms with Crippen molar-refractivity contribution in [2.24, 2.45) is 5.92 Å². The summed E-state index contributed by atoms with van der Waals surface area (Å²) in [6.45, 7) is 2.06. The minimum Gasteiger partial charge on any atom is -0.208 e. The van der Waals surface area contributed by atoms with Gasteiger partial charge in [-0.2, -0.15) is 0 Å². The molecule has 2 unspecified atom stereocenters. The van der Waals surface area contributed by atoms with E-state index in [1.807, 2.05) is 0 Å². The van der Waals surface area contributed by atoms with Gasteiger partial charge in [0.05, 0.1) is 4.90 Å². The molecular weight excluding hydrogens is 260 g/mol. The third kappa shape index (κ3) is 2.87. The molecule has 0 radical (unpaired) electrons. The maximum atomic E-state index is 13.0. The van der Waals surface area contributed by atoms with E-state index in [0.29, 0.717) is 12.0 Å². The van der Waals surface area contributed by atoms with Crippen LogP contribution < -0.4 is 4.72 Å². The van der Waals surface area contributed by atoms with Crippen molar-refractivity contribution in [3.05, 3.63) is 29.8 Å². The standard InChI is InChI=1S/C12H15F2NO2S/c1-8-2-3-9(6-8)15-18(16,17)10-4-5-11(13)12(14)7-10/h4-5,7-9,15H,2-3,6H2,1H3. The van der Waals surface area contributed by atoms with Crippen LogP contribution in [-0.4, -0.2) is 14.5 Å². The number of rotatable bonds is 3. The summed E-state index contributed by atoms with van der Waals surface area (Å²) in [6, 6.07) is 2.48. The van der Waals surface area contributed by atoms with E-state index >= 15 is 0 Å². The number of benzene rings is 1.